The molecule has 4 unspecified atom stereocenters. The largest absolute Gasteiger partial charge is 0.394 e. The zero-order chi connectivity index (χ0) is 15.4. The molecule has 1 aromatic rings. The van der Waals surface area contributed by atoms with Gasteiger partial charge in [-0.3, -0.25) is 4.90 Å². The molecule has 1 aromatic carbocycles. The van der Waals surface area contributed by atoms with Crippen molar-refractivity contribution in [1.82, 2.24) is 4.90 Å². The average molecular weight is 313 g/mol. The van der Waals surface area contributed by atoms with Gasteiger partial charge in [-0.2, -0.15) is 0 Å². The lowest BCUT2D eigenvalue weighted by Crippen LogP contribution is -2.52. The van der Waals surface area contributed by atoms with Crippen LogP contribution >= 0.6 is 11.6 Å². The molecule has 0 saturated carbocycles. The van der Waals surface area contributed by atoms with E-state index in [4.69, 9.17) is 22.1 Å². The van der Waals surface area contributed by atoms with E-state index in [1.165, 1.54) is 5.56 Å². The van der Waals surface area contributed by atoms with Crippen molar-refractivity contribution >= 4 is 11.6 Å². The Morgan fingerprint density at radius 1 is 1.38 bits per heavy atom. The summed E-state index contributed by atoms with van der Waals surface area (Å²) in [6.45, 7) is 5.68. The van der Waals surface area contributed by atoms with Gasteiger partial charge in [-0.05, 0) is 31.0 Å². The Kier molecular flexibility index (Phi) is 6.02. The quantitative estimate of drug-likeness (QED) is 0.875. The SMILES string of the molecule is CCC(N)C(c1ccc(Cl)cc1)N1CC(C)OC(CO)C1. The van der Waals surface area contributed by atoms with Gasteiger partial charge in [0.2, 0.25) is 0 Å². The van der Waals surface area contributed by atoms with Crippen LogP contribution in [0.2, 0.25) is 5.02 Å². The van der Waals surface area contributed by atoms with E-state index in [1.54, 1.807) is 0 Å². The molecule has 0 aromatic heterocycles. The second-order valence-corrected chi connectivity index (χ2v) is 6.21. The molecule has 5 heteroatoms. The lowest BCUT2D eigenvalue weighted by atomic mass is 9.95. The van der Waals surface area contributed by atoms with Crippen molar-refractivity contribution in [3.8, 4) is 0 Å². The molecule has 1 aliphatic heterocycles. The van der Waals surface area contributed by atoms with Gasteiger partial charge in [0.25, 0.3) is 0 Å². The normalized spacial score (nSPS) is 26.5. The summed E-state index contributed by atoms with van der Waals surface area (Å²) in [4.78, 5) is 2.33. The van der Waals surface area contributed by atoms with Gasteiger partial charge < -0.3 is 15.6 Å². The summed E-state index contributed by atoms with van der Waals surface area (Å²) in [5.41, 5.74) is 7.54. The van der Waals surface area contributed by atoms with Crippen LogP contribution in [0.25, 0.3) is 0 Å². The van der Waals surface area contributed by atoms with Gasteiger partial charge in [0.05, 0.1) is 24.9 Å². The van der Waals surface area contributed by atoms with Crippen LogP contribution in [0.3, 0.4) is 0 Å². The second kappa shape index (κ2) is 7.56. The number of ether oxygens (including phenoxy) is 1. The van der Waals surface area contributed by atoms with E-state index in [0.29, 0.717) is 6.54 Å². The maximum Gasteiger partial charge on any atom is 0.0936 e. The van der Waals surface area contributed by atoms with Crippen LogP contribution in [0, 0.1) is 0 Å². The lowest BCUT2D eigenvalue weighted by molar-refractivity contribution is -0.108. The van der Waals surface area contributed by atoms with Crippen molar-refractivity contribution < 1.29 is 9.84 Å². The van der Waals surface area contributed by atoms with Gasteiger partial charge in [-0.25, -0.2) is 0 Å². The maximum atomic E-state index is 9.41. The third kappa shape index (κ3) is 4.18. The van der Waals surface area contributed by atoms with Crippen LogP contribution in [0.4, 0.5) is 0 Å². The van der Waals surface area contributed by atoms with Crippen molar-refractivity contribution in [2.75, 3.05) is 19.7 Å². The van der Waals surface area contributed by atoms with Crippen LogP contribution in [0.15, 0.2) is 24.3 Å². The number of benzene rings is 1. The van der Waals surface area contributed by atoms with E-state index in [1.807, 2.05) is 31.2 Å². The Labute approximate surface area is 131 Å². The number of nitrogens with zero attached hydrogens (tertiary/aromatic N) is 1. The molecular weight excluding hydrogens is 288 g/mol. The van der Waals surface area contributed by atoms with Gasteiger partial charge >= 0.3 is 0 Å². The first-order chi connectivity index (χ1) is 10.0. The molecule has 21 heavy (non-hydrogen) atoms. The third-order valence-corrected chi connectivity index (χ3v) is 4.29. The fourth-order valence-corrected chi connectivity index (χ4v) is 3.15. The Balaban J connectivity index is 2.24. The summed E-state index contributed by atoms with van der Waals surface area (Å²) < 4.78 is 5.73. The van der Waals surface area contributed by atoms with E-state index in [0.717, 1.165) is 18.0 Å². The summed E-state index contributed by atoms with van der Waals surface area (Å²) in [5, 5.41) is 10.1. The fourth-order valence-electron chi connectivity index (χ4n) is 3.02. The first-order valence-corrected chi connectivity index (χ1v) is 7.94. The maximum absolute atomic E-state index is 9.41. The molecule has 1 heterocycles. The van der Waals surface area contributed by atoms with Crippen molar-refractivity contribution in [3.05, 3.63) is 34.9 Å². The van der Waals surface area contributed by atoms with Gasteiger partial charge in [0, 0.05) is 24.2 Å². The monoisotopic (exact) mass is 312 g/mol. The molecule has 0 spiro atoms. The molecule has 2 rings (SSSR count). The van der Waals surface area contributed by atoms with E-state index in [2.05, 4.69) is 11.8 Å². The van der Waals surface area contributed by atoms with Crippen LogP contribution < -0.4 is 5.73 Å². The molecule has 1 fully saturated rings. The molecule has 4 atom stereocenters. The highest BCUT2D eigenvalue weighted by molar-refractivity contribution is 6.30. The van der Waals surface area contributed by atoms with Crippen molar-refractivity contribution in [3.63, 3.8) is 0 Å². The van der Waals surface area contributed by atoms with Crippen molar-refractivity contribution in [2.45, 2.75) is 44.6 Å². The molecular formula is C16H25ClN2O2. The third-order valence-electron chi connectivity index (χ3n) is 4.04. The summed E-state index contributed by atoms with van der Waals surface area (Å²) in [6, 6.07) is 8.04. The Hall–Kier alpha value is -0.650. The summed E-state index contributed by atoms with van der Waals surface area (Å²) in [7, 11) is 0. The highest BCUT2D eigenvalue weighted by Crippen LogP contribution is 2.29. The van der Waals surface area contributed by atoms with Gasteiger partial charge in [0.15, 0.2) is 0 Å². The zero-order valence-electron chi connectivity index (χ0n) is 12.7. The lowest BCUT2D eigenvalue weighted by Gasteiger charge is -2.42. The summed E-state index contributed by atoms with van der Waals surface area (Å²) in [5.74, 6) is 0. The summed E-state index contributed by atoms with van der Waals surface area (Å²) >= 11 is 5.99. The number of aliphatic hydroxyl groups is 1. The van der Waals surface area contributed by atoms with Crippen molar-refractivity contribution in [1.29, 1.82) is 0 Å². The van der Waals surface area contributed by atoms with E-state index in [-0.39, 0.29) is 30.9 Å². The smallest absolute Gasteiger partial charge is 0.0936 e. The molecule has 1 saturated heterocycles. The number of halogens is 1. The number of hydrogen-bond acceptors (Lipinski definition) is 4. The number of aliphatic hydroxyl groups excluding tert-OH is 1. The second-order valence-electron chi connectivity index (χ2n) is 5.77. The highest BCUT2D eigenvalue weighted by atomic mass is 35.5. The average Bonchev–Trinajstić information content (AvgIpc) is 2.48. The number of hydrogen-bond donors (Lipinski definition) is 2. The Bertz CT molecular complexity index is 440. The number of rotatable bonds is 5. The Morgan fingerprint density at radius 2 is 2.05 bits per heavy atom. The molecule has 1 aliphatic rings. The molecule has 0 bridgehead atoms. The van der Waals surface area contributed by atoms with E-state index >= 15 is 0 Å². The van der Waals surface area contributed by atoms with Crippen LogP contribution in [-0.2, 0) is 4.74 Å². The minimum Gasteiger partial charge on any atom is -0.394 e. The zero-order valence-corrected chi connectivity index (χ0v) is 13.5. The minimum absolute atomic E-state index is 0.0372. The van der Waals surface area contributed by atoms with E-state index in [9.17, 15) is 5.11 Å². The standard InChI is InChI=1S/C16H25ClN2O2/c1-3-15(18)16(12-4-6-13(17)7-5-12)19-8-11(2)21-14(9-19)10-20/h4-7,11,14-16,20H,3,8-10,18H2,1-2H3. The predicted molar refractivity (Wildman–Crippen MR) is 85.5 cm³/mol. The van der Waals surface area contributed by atoms with Crippen LogP contribution in [0.1, 0.15) is 31.9 Å². The fraction of sp³-hybridized carbons (Fsp3) is 0.625. The first-order valence-electron chi connectivity index (χ1n) is 7.56. The van der Waals surface area contributed by atoms with Gasteiger partial charge in [-0.1, -0.05) is 30.7 Å². The molecule has 0 amide bonds. The number of morpholine rings is 1. The Morgan fingerprint density at radius 3 is 2.62 bits per heavy atom. The van der Waals surface area contributed by atoms with Gasteiger partial charge in [0.1, 0.15) is 0 Å². The number of nitrogens with two attached hydrogens (primary N) is 1. The van der Waals surface area contributed by atoms with Crippen LogP contribution in [-0.4, -0.2) is 48.0 Å². The molecule has 0 radical (unpaired) electrons. The first kappa shape index (κ1) is 16.7. The highest BCUT2D eigenvalue weighted by Gasteiger charge is 2.33. The molecule has 0 aliphatic carbocycles. The topological polar surface area (TPSA) is 58.7 Å². The van der Waals surface area contributed by atoms with E-state index < -0.39 is 0 Å². The van der Waals surface area contributed by atoms with Crippen LogP contribution in [0.5, 0.6) is 0 Å². The van der Waals surface area contributed by atoms with Crippen molar-refractivity contribution in [2.24, 2.45) is 5.73 Å². The molecule has 118 valence electrons. The molecule has 3 N–H and O–H groups in total. The predicted octanol–water partition coefficient (Wildman–Crippen LogP) is 2.20. The molecule has 4 nitrogen and oxygen atoms in total. The summed E-state index contributed by atoms with van der Waals surface area (Å²) in [6.07, 6.45) is 0.838. The minimum atomic E-state index is -0.146. The van der Waals surface area contributed by atoms with Gasteiger partial charge in [-0.15, -0.1) is 0 Å².